The normalized spacial score (nSPS) is 12.1. The minimum absolute atomic E-state index is 0.0677. The molecule has 1 atom stereocenters. The molecule has 116 valence electrons. The van der Waals surface area contributed by atoms with Crippen molar-refractivity contribution in [1.82, 2.24) is 9.78 Å². The van der Waals surface area contributed by atoms with Crippen LogP contribution in [0.1, 0.15) is 28.4 Å². The third-order valence-electron chi connectivity index (χ3n) is 3.66. The van der Waals surface area contributed by atoms with Crippen molar-refractivity contribution in [3.05, 3.63) is 88.2 Å². The molecule has 1 aromatic heterocycles. The molecule has 3 aromatic rings. The van der Waals surface area contributed by atoms with Crippen LogP contribution < -0.4 is 0 Å². The summed E-state index contributed by atoms with van der Waals surface area (Å²) in [6.07, 6.45) is 3.81. The molecule has 3 nitrogen and oxygen atoms in total. The number of aromatic nitrogens is 2. The molecule has 1 unspecified atom stereocenters. The van der Waals surface area contributed by atoms with E-state index in [1.165, 1.54) is 0 Å². The van der Waals surface area contributed by atoms with Gasteiger partial charge in [0.1, 0.15) is 0 Å². The quantitative estimate of drug-likeness (QED) is 0.607. The molecule has 3 rings (SSSR count). The van der Waals surface area contributed by atoms with E-state index in [1.54, 1.807) is 29.1 Å². The Balaban J connectivity index is 1.93. The number of carbonyl (C=O) groups is 1. The average Bonchev–Trinajstić information content (AvgIpc) is 3.10. The Morgan fingerprint density at radius 1 is 1.04 bits per heavy atom. The summed E-state index contributed by atoms with van der Waals surface area (Å²) in [6.45, 7) is 0. The molecular formula is C18H14Cl2N2O. The molecule has 0 amide bonds. The average molecular weight is 345 g/mol. The smallest absolute Gasteiger partial charge is 0.166 e. The van der Waals surface area contributed by atoms with E-state index < -0.39 is 0 Å². The highest BCUT2D eigenvalue weighted by molar-refractivity contribution is 6.43. The summed E-state index contributed by atoms with van der Waals surface area (Å²) in [5.41, 5.74) is 1.45. The SMILES string of the molecule is O=C(CC(c1ccccc1)n1cccn1)c1cccc(Cl)c1Cl. The van der Waals surface area contributed by atoms with E-state index in [1.807, 2.05) is 42.6 Å². The van der Waals surface area contributed by atoms with Crippen LogP contribution in [0.25, 0.3) is 0 Å². The van der Waals surface area contributed by atoms with Gasteiger partial charge in [-0.25, -0.2) is 0 Å². The summed E-state index contributed by atoms with van der Waals surface area (Å²) in [7, 11) is 0. The number of hydrogen-bond donors (Lipinski definition) is 0. The topological polar surface area (TPSA) is 34.9 Å². The van der Waals surface area contributed by atoms with Gasteiger partial charge >= 0.3 is 0 Å². The molecule has 0 saturated heterocycles. The number of hydrogen-bond acceptors (Lipinski definition) is 2. The first kappa shape index (κ1) is 15.8. The van der Waals surface area contributed by atoms with Crippen LogP contribution in [-0.4, -0.2) is 15.6 Å². The summed E-state index contributed by atoms with van der Waals surface area (Å²) in [4.78, 5) is 12.7. The fourth-order valence-corrected chi connectivity index (χ4v) is 2.91. The Kier molecular flexibility index (Phi) is 4.79. The molecule has 0 N–H and O–H groups in total. The highest BCUT2D eigenvalue weighted by atomic mass is 35.5. The molecule has 0 bridgehead atoms. The maximum atomic E-state index is 12.7. The van der Waals surface area contributed by atoms with Crippen molar-refractivity contribution in [2.75, 3.05) is 0 Å². The summed E-state index contributed by atoms with van der Waals surface area (Å²) in [5.74, 6) is -0.0677. The third kappa shape index (κ3) is 3.46. The first-order valence-corrected chi connectivity index (χ1v) is 7.93. The predicted molar refractivity (Wildman–Crippen MR) is 92.2 cm³/mol. The molecule has 0 radical (unpaired) electrons. The third-order valence-corrected chi connectivity index (χ3v) is 4.48. The van der Waals surface area contributed by atoms with Crippen LogP contribution in [0.5, 0.6) is 0 Å². The summed E-state index contributed by atoms with van der Waals surface area (Å²) >= 11 is 12.2. The Labute approximate surface area is 144 Å². The largest absolute Gasteiger partial charge is 0.294 e. The van der Waals surface area contributed by atoms with Gasteiger partial charge in [0.15, 0.2) is 5.78 Å². The lowest BCUT2D eigenvalue weighted by atomic mass is 9.98. The lowest BCUT2D eigenvalue weighted by Gasteiger charge is -2.18. The second-order valence-corrected chi connectivity index (χ2v) is 5.93. The van der Waals surface area contributed by atoms with Gasteiger partial charge in [-0.1, -0.05) is 59.6 Å². The lowest BCUT2D eigenvalue weighted by Crippen LogP contribution is -2.16. The van der Waals surface area contributed by atoms with E-state index in [4.69, 9.17) is 23.2 Å². The van der Waals surface area contributed by atoms with Crippen LogP contribution in [0.2, 0.25) is 10.0 Å². The van der Waals surface area contributed by atoms with Crippen molar-refractivity contribution < 1.29 is 4.79 Å². The van der Waals surface area contributed by atoms with Gasteiger partial charge in [0.05, 0.1) is 16.1 Å². The molecule has 0 aliphatic heterocycles. The van der Waals surface area contributed by atoms with E-state index in [0.717, 1.165) is 5.56 Å². The zero-order chi connectivity index (χ0) is 16.2. The van der Waals surface area contributed by atoms with E-state index in [-0.39, 0.29) is 18.2 Å². The van der Waals surface area contributed by atoms with Crippen LogP contribution in [0.3, 0.4) is 0 Å². The molecule has 1 heterocycles. The van der Waals surface area contributed by atoms with Crippen molar-refractivity contribution >= 4 is 29.0 Å². The number of halogens is 2. The van der Waals surface area contributed by atoms with Crippen molar-refractivity contribution in [3.63, 3.8) is 0 Å². The molecular weight excluding hydrogens is 331 g/mol. The number of ketones is 1. The Bertz CT molecular complexity index is 801. The Morgan fingerprint density at radius 3 is 2.52 bits per heavy atom. The van der Waals surface area contributed by atoms with E-state index in [0.29, 0.717) is 15.6 Å². The van der Waals surface area contributed by atoms with Crippen molar-refractivity contribution in [1.29, 1.82) is 0 Å². The van der Waals surface area contributed by atoms with Crippen LogP contribution in [0, 0.1) is 0 Å². The van der Waals surface area contributed by atoms with E-state index >= 15 is 0 Å². The maximum Gasteiger partial charge on any atom is 0.166 e. The first-order chi connectivity index (χ1) is 11.2. The lowest BCUT2D eigenvalue weighted by molar-refractivity contribution is 0.0967. The van der Waals surface area contributed by atoms with Gasteiger partial charge in [-0.3, -0.25) is 9.48 Å². The number of Topliss-reactive ketones (excluding diaryl/α,β-unsaturated/α-hetero) is 1. The van der Waals surface area contributed by atoms with Crippen LogP contribution in [0.15, 0.2) is 67.0 Å². The minimum atomic E-state index is -0.186. The van der Waals surface area contributed by atoms with Gasteiger partial charge in [0.25, 0.3) is 0 Å². The van der Waals surface area contributed by atoms with Crippen LogP contribution >= 0.6 is 23.2 Å². The number of rotatable bonds is 5. The predicted octanol–water partition coefficient (Wildman–Crippen LogP) is 5.05. The zero-order valence-corrected chi connectivity index (χ0v) is 13.7. The number of carbonyl (C=O) groups excluding carboxylic acids is 1. The fraction of sp³-hybridized carbons (Fsp3) is 0.111. The summed E-state index contributed by atoms with van der Waals surface area (Å²) in [6, 6.07) is 16.6. The van der Waals surface area contributed by atoms with Crippen LogP contribution in [0.4, 0.5) is 0 Å². The highest BCUT2D eigenvalue weighted by Crippen LogP contribution is 2.29. The fourth-order valence-electron chi connectivity index (χ4n) is 2.51. The van der Waals surface area contributed by atoms with Crippen molar-refractivity contribution in [2.24, 2.45) is 0 Å². The molecule has 0 fully saturated rings. The van der Waals surface area contributed by atoms with Crippen molar-refractivity contribution in [2.45, 2.75) is 12.5 Å². The van der Waals surface area contributed by atoms with Gasteiger partial charge in [-0.05, 0) is 23.8 Å². The maximum absolute atomic E-state index is 12.7. The Hall–Kier alpha value is -2.10. The molecule has 0 spiro atoms. The summed E-state index contributed by atoms with van der Waals surface area (Å²) in [5, 5.41) is 4.96. The van der Waals surface area contributed by atoms with Gasteiger partial charge in [0, 0.05) is 24.4 Å². The summed E-state index contributed by atoms with van der Waals surface area (Å²) < 4.78 is 1.78. The molecule has 0 saturated carbocycles. The van der Waals surface area contributed by atoms with Crippen molar-refractivity contribution in [3.8, 4) is 0 Å². The highest BCUT2D eigenvalue weighted by Gasteiger charge is 2.21. The Morgan fingerprint density at radius 2 is 1.83 bits per heavy atom. The number of benzene rings is 2. The first-order valence-electron chi connectivity index (χ1n) is 7.18. The van der Waals surface area contributed by atoms with Gasteiger partial charge in [-0.15, -0.1) is 0 Å². The number of nitrogens with zero attached hydrogens (tertiary/aromatic N) is 2. The second kappa shape index (κ2) is 6.99. The van der Waals surface area contributed by atoms with Gasteiger partial charge in [-0.2, -0.15) is 5.10 Å². The molecule has 0 aliphatic carbocycles. The van der Waals surface area contributed by atoms with E-state index in [2.05, 4.69) is 5.10 Å². The molecule has 0 aliphatic rings. The molecule has 23 heavy (non-hydrogen) atoms. The zero-order valence-electron chi connectivity index (χ0n) is 12.2. The monoisotopic (exact) mass is 344 g/mol. The molecule has 5 heteroatoms. The van der Waals surface area contributed by atoms with Gasteiger partial charge in [0.2, 0.25) is 0 Å². The second-order valence-electron chi connectivity index (χ2n) is 5.14. The van der Waals surface area contributed by atoms with E-state index in [9.17, 15) is 4.79 Å². The standard InChI is InChI=1S/C18H14Cl2N2O/c19-15-9-4-8-14(18(15)20)17(23)12-16(22-11-5-10-21-22)13-6-2-1-3-7-13/h1-11,16H,12H2. The van der Waals surface area contributed by atoms with Crippen LogP contribution in [-0.2, 0) is 0 Å². The minimum Gasteiger partial charge on any atom is -0.294 e. The molecule has 2 aromatic carbocycles. The van der Waals surface area contributed by atoms with Gasteiger partial charge < -0.3 is 0 Å².